The third kappa shape index (κ3) is 36.8. The molecule has 0 heterocycles. The number of carbonyl (C=O) groups excluding carboxylic acids is 2. The molecule has 0 aliphatic rings. The lowest BCUT2D eigenvalue weighted by molar-refractivity contribution is -0.161. The van der Waals surface area contributed by atoms with Gasteiger partial charge in [-0.1, -0.05) is 134 Å². The molecule has 0 aromatic carbocycles. The van der Waals surface area contributed by atoms with Crippen LogP contribution in [0.25, 0.3) is 0 Å². The number of allylic oxidation sites excluding steroid dienone is 4. The molecule has 0 bridgehead atoms. The molecule has 52 heavy (non-hydrogen) atoms. The Morgan fingerprint density at radius 3 is 1.38 bits per heavy atom. The van der Waals surface area contributed by atoms with E-state index in [-0.39, 0.29) is 19.4 Å². The minimum atomic E-state index is -4.61. The van der Waals surface area contributed by atoms with Crippen LogP contribution in [0.4, 0.5) is 0 Å². The fourth-order valence-electron chi connectivity index (χ4n) is 5.57. The predicted molar refractivity (Wildman–Crippen MR) is 210 cm³/mol. The standard InChI is InChI=1S/C41H77O10P/c1-3-5-7-9-11-13-15-17-19-21-23-25-27-29-31-33-41(45)51-39(37-50-52(46,47)49-35-38(43)34-42)36-48-40(44)32-30-28-26-24-22-20-18-16-14-12-10-8-6-4-2/h16-19,38-39,42-43H,3-15,20-37H2,1-2H3,(H,46,47)/b18-16-,19-17-/t38-,39+/m0/s1. The number of ether oxygens (including phenoxy) is 2. The van der Waals surface area contributed by atoms with Crippen LogP contribution < -0.4 is 0 Å². The largest absolute Gasteiger partial charge is 0.472 e. The van der Waals surface area contributed by atoms with Crippen LogP contribution in [0.15, 0.2) is 24.3 Å². The second kappa shape index (κ2) is 37.8. The average Bonchev–Trinajstić information content (AvgIpc) is 3.13. The van der Waals surface area contributed by atoms with Gasteiger partial charge in [0.2, 0.25) is 0 Å². The molecule has 0 amide bonds. The Labute approximate surface area is 317 Å². The van der Waals surface area contributed by atoms with Crippen LogP contribution in [0.1, 0.15) is 187 Å². The summed E-state index contributed by atoms with van der Waals surface area (Å²) in [6.07, 6.45) is 35.7. The van der Waals surface area contributed by atoms with Gasteiger partial charge in [0.15, 0.2) is 6.10 Å². The molecule has 3 N–H and O–H groups in total. The van der Waals surface area contributed by atoms with Gasteiger partial charge in [-0.05, 0) is 64.2 Å². The lowest BCUT2D eigenvalue weighted by atomic mass is 10.1. The van der Waals surface area contributed by atoms with Crippen LogP contribution >= 0.6 is 7.82 Å². The van der Waals surface area contributed by atoms with Gasteiger partial charge in [-0.25, -0.2) is 4.57 Å². The summed E-state index contributed by atoms with van der Waals surface area (Å²) in [6.45, 7) is 2.35. The van der Waals surface area contributed by atoms with E-state index in [0.717, 1.165) is 77.0 Å². The summed E-state index contributed by atoms with van der Waals surface area (Å²) in [5, 5.41) is 18.3. The van der Waals surface area contributed by atoms with E-state index in [4.69, 9.17) is 19.1 Å². The van der Waals surface area contributed by atoms with Gasteiger partial charge in [-0.3, -0.25) is 18.6 Å². The summed E-state index contributed by atoms with van der Waals surface area (Å²) in [5.74, 6) is -0.942. The van der Waals surface area contributed by atoms with Crippen molar-refractivity contribution in [2.45, 2.75) is 199 Å². The van der Waals surface area contributed by atoms with Crippen molar-refractivity contribution >= 4 is 19.8 Å². The Balaban J connectivity index is 4.34. The van der Waals surface area contributed by atoms with Crippen molar-refractivity contribution in [1.82, 2.24) is 0 Å². The van der Waals surface area contributed by atoms with Gasteiger partial charge in [-0.2, -0.15) is 0 Å². The molecule has 11 heteroatoms. The number of carbonyl (C=O) groups is 2. The Kier molecular flexibility index (Phi) is 36.6. The fraction of sp³-hybridized carbons (Fsp3) is 0.854. The van der Waals surface area contributed by atoms with E-state index in [1.54, 1.807) is 0 Å². The van der Waals surface area contributed by atoms with Gasteiger partial charge < -0.3 is 24.6 Å². The van der Waals surface area contributed by atoms with E-state index in [0.29, 0.717) is 12.8 Å². The number of rotatable bonds is 39. The minimum absolute atomic E-state index is 0.174. The normalized spacial score (nSPS) is 14.2. The Morgan fingerprint density at radius 1 is 0.558 bits per heavy atom. The molecule has 10 nitrogen and oxygen atoms in total. The summed E-state index contributed by atoms with van der Waals surface area (Å²) >= 11 is 0. The molecule has 0 radical (unpaired) electrons. The van der Waals surface area contributed by atoms with Gasteiger partial charge >= 0.3 is 19.8 Å². The van der Waals surface area contributed by atoms with Gasteiger partial charge in [0, 0.05) is 12.8 Å². The minimum Gasteiger partial charge on any atom is -0.462 e. The predicted octanol–water partition coefficient (Wildman–Crippen LogP) is 10.6. The van der Waals surface area contributed by atoms with Crippen LogP contribution in [0.3, 0.4) is 0 Å². The quantitative estimate of drug-likeness (QED) is 0.0239. The van der Waals surface area contributed by atoms with Gasteiger partial charge in [0.05, 0.1) is 19.8 Å². The first-order chi connectivity index (χ1) is 25.2. The highest BCUT2D eigenvalue weighted by Gasteiger charge is 2.27. The molecule has 0 fully saturated rings. The van der Waals surface area contributed by atoms with Crippen molar-refractivity contribution < 1.29 is 47.8 Å². The second-order valence-corrected chi connectivity index (χ2v) is 15.5. The lowest BCUT2D eigenvalue weighted by Gasteiger charge is -2.20. The average molecular weight is 761 g/mol. The number of hydrogen-bond acceptors (Lipinski definition) is 9. The number of aliphatic hydroxyl groups is 2. The molecule has 0 rings (SSSR count). The molecule has 0 aliphatic heterocycles. The van der Waals surface area contributed by atoms with Crippen molar-refractivity contribution in [3.63, 3.8) is 0 Å². The zero-order valence-corrected chi connectivity index (χ0v) is 33.9. The van der Waals surface area contributed by atoms with Crippen LogP contribution in [0.5, 0.6) is 0 Å². The van der Waals surface area contributed by atoms with Crippen molar-refractivity contribution in [1.29, 1.82) is 0 Å². The molecule has 0 saturated carbocycles. The second-order valence-electron chi connectivity index (χ2n) is 14.0. The number of phosphoric acid groups is 1. The Morgan fingerprint density at radius 2 is 0.942 bits per heavy atom. The summed E-state index contributed by atoms with van der Waals surface area (Å²) < 4.78 is 32.6. The van der Waals surface area contributed by atoms with E-state index in [1.807, 2.05) is 0 Å². The third-order valence-corrected chi connectivity index (χ3v) is 9.78. The molecule has 0 saturated heterocycles. The first-order valence-corrected chi connectivity index (χ1v) is 22.3. The monoisotopic (exact) mass is 761 g/mol. The zero-order valence-electron chi connectivity index (χ0n) is 33.0. The topological polar surface area (TPSA) is 149 Å². The van der Waals surface area contributed by atoms with Crippen LogP contribution in [0, 0.1) is 0 Å². The van der Waals surface area contributed by atoms with E-state index < -0.39 is 51.8 Å². The number of aliphatic hydroxyl groups excluding tert-OH is 2. The van der Waals surface area contributed by atoms with Gasteiger partial charge in [-0.15, -0.1) is 0 Å². The molecule has 3 atom stereocenters. The van der Waals surface area contributed by atoms with Crippen molar-refractivity contribution in [3.8, 4) is 0 Å². The summed E-state index contributed by atoms with van der Waals surface area (Å²) in [6, 6.07) is 0. The zero-order chi connectivity index (χ0) is 38.4. The third-order valence-electron chi connectivity index (χ3n) is 8.83. The van der Waals surface area contributed by atoms with E-state index in [1.165, 1.54) is 70.6 Å². The number of phosphoric ester groups is 1. The molecule has 306 valence electrons. The fourth-order valence-corrected chi connectivity index (χ4v) is 6.36. The van der Waals surface area contributed by atoms with Crippen molar-refractivity contribution in [2.75, 3.05) is 26.4 Å². The van der Waals surface area contributed by atoms with Gasteiger partial charge in [0.25, 0.3) is 0 Å². The molecule has 0 aliphatic carbocycles. The first-order valence-electron chi connectivity index (χ1n) is 20.8. The van der Waals surface area contributed by atoms with Crippen molar-refractivity contribution in [3.05, 3.63) is 24.3 Å². The van der Waals surface area contributed by atoms with E-state index in [2.05, 4.69) is 42.7 Å². The highest BCUT2D eigenvalue weighted by atomic mass is 31.2. The lowest BCUT2D eigenvalue weighted by Crippen LogP contribution is -2.29. The Bertz CT molecular complexity index is 925. The first kappa shape index (κ1) is 50.5. The molecule has 0 aromatic heterocycles. The summed E-state index contributed by atoms with van der Waals surface area (Å²) in [4.78, 5) is 34.9. The maximum Gasteiger partial charge on any atom is 0.472 e. The maximum atomic E-state index is 12.6. The highest BCUT2D eigenvalue weighted by molar-refractivity contribution is 7.47. The van der Waals surface area contributed by atoms with E-state index >= 15 is 0 Å². The van der Waals surface area contributed by atoms with Crippen LogP contribution in [-0.2, 0) is 32.7 Å². The smallest absolute Gasteiger partial charge is 0.462 e. The number of esters is 2. The molecule has 0 spiro atoms. The summed E-state index contributed by atoms with van der Waals surface area (Å²) in [7, 11) is -4.61. The molecular formula is C41H77O10P. The van der Waals surface area contributed by atoms with Crippen LogP contribution in [-0.4, -0.2) is 65.7 Å². The molecular weight excluding hydrogens is 683 g/mol. The Hall–Kier alpha value is -1.55. The van der Waals surface area contributed by atoms with Crippen LogP contribution in [0.2, 0.25) is 0 Å². The van der Waals surface area contributed by atoms with Gasteiger partial charge in [0.1, 0.15) is 12.7 Å². The number of unbranched alkanes of at least 4 members (excludes halogenated alkanes) is 21. The highest BCUT2D eigenvalue weighted by Crippen LogP contribution is 2.43. The number of hydrogen-bond donors (Lipinski definition) is 3. The SMILES string of the molecule is CCCCCCC/C=C\CCCCCCCC(=O)OC[C@H](COP(=O)(O)OC[C@@H](O)CO)OC(=O)CCCCCCC/C=C\CCCCCCCC. The van der Waals surface area contributed by atoms with Crippen molar-refractivity contribution in [2.24, 2.45) is 0 Å². The molecule has 0 aromatic rings. The molecule has 1 unspecified atom stereocenters. The van der Waals surface area contributed by atoms with E-state index in [9.17, 15) is 24.2 Å². The summed E-state index contributed by atoms with van der Waals surface area (Å²) in [5.41, 5.74) is 0. The maximum absolute atomic E-state index is 12.6.